The van der Waals surface area contributed by atoms with Crippen LogP contribution in [-0.2, 0) is 0 Å². The molecule has 0 radical (unpaired) electrons. The molecule has 2 aromatic carbocycles. The van der Waals surface area contributed by atoms with Crippen LogP contribution in [0.3, 0.4) is 0 Å². The van der Waals surface area contributed by atoms with Gasteiger partial charge in [-0.05, 0) is 43.5 Å². The molecule has 0 amide bonds. The first-order chi connectivity index (χ1) is 10.0. The van der Waals surface area contributed by atoms with Crippen LogP contribution in [0.5, 0.6) is 0 Å². The second-order valence-electron chi connectivity index (χ2n) is 5.43. The highest BCUT2D eigenvalue weighted by atomic mass is 35.5. The number of benzene rings is 2. The van der Waals surface area contributed by atoms with Crippen molar-refractivity contribution in [3.8, 4) is 0 Å². The van der Waals surface area contributed by atoms with Crippen molar-refractivity contribution in [3.63, 3.8) is 0 Å². The monoisotopic (exact) mass is 321 g/mol. The number of hydrogen-bond acceptors (Lipinski definition) is 1. The minimum absolute atomic E-state index is 0.260. The molecule has 2 rings (SSSR count). The van der Waals surface area contributed by atoms with Crippen LogP contribution in [0.15, 0.2) is 42.5 Å². The highest BCUT2D eigenvalue weighted by Gasteiger charge is 2.14. The summed E-state index contributed by atoms with van der Waals surface area (Å²) in [5.41, 5.74) is 3.74. The van der Waals surface area contributed by atoms with Gasteiger partial charge in [-0.15, -0.1) is 0 Å². The second kappa shape index (κ2) is 7.31. The number of aryl methyl sites for hydroxylation is 1. The molecular formula is C18H21Cl2N. The van der Waals surface area contributed by atoms with Crippen molar-refractivity contribution in [3.05, 3.63) is 69.2 Å². The first-order valence-electron chi connectivity index (χ1n) is 7.28. The van der Waals surface area contributed by atoms with E-state index in [1.54, 1.807) is 0 Å². The summed E-state index contributed by atoms with van der Waals surface area (Å²) in [6.07, 6.45) is 0.994. The summed E-state index contributed by atoms with van der Waals surface area (Å²) in [7, 11) is 0. The maximum atomic E-state index is 6.13. The summed E-state index contributed by atoms with van der Waals surface area (Å²) in [4.78, 5) is 0. The molecule has 3 heteroatoms. The lowest BCUT2D eigenvalue weighted by Crippen LogP contribution is -2.24. The van der Waals surface area contributed by atoms with Crippen molar-refractivity contribution in [2.45, 2.75) is 39.3 Å². The van der Waals surface area contributed by atoms with E-state index in [0.717, 1.165) is 6.42 Å². The van der Waals surface area contributed by atoms with E-state index in [1.807, 2.05) is 18.2 Å². The van der Waals surface area contributed by atoms with E-state index in [4.69, 9.17) is 23.2 Å². The van der Waals surface area contributed by atoms with Gasteiger partial charge in [-0.1, -0.05) is 66.0 Å². The molecule has 0 saturated heterocycles. The van der Waals surface area contributed by atoms with Gasteiger partial charge in [0.25, 0.3) is 0 Å². The van der Waals surface area contributed by atoms with Gasteiger partial charge in [-0.2, -0.15) is 0 Å². The van der Waals surface area contributed by atoms with Gasteiger partial charge in [-0.3, -0.25) is 0 Å². The van der Waals surface area contributed by atoms with Gasteiger partial charge in [0, 0.05) is 12.1 Å². The third-order valence-electron chi connectivity index (χ3n) is 3.78. The summed E-state index contributed by atoms with van der Waals surface area (Å²) in [6, 6.07) is 15.0. The zero-order valence-corrected chi connectivity index (χ0v) is 14.2. The van der Waals surface area contributed by atoms with Crippen LogP contribution in [-0.4, -0.2) is 0 Å². The Morgan fingerprint density at radius 2 is 1.57 bits per heavy atom. The molecule has 112 valence electrons. The lowest BCUT2D eigenvalue weighted by atomic mass is 10.0. The Bertz CT molecular complexity index is 593. The smallest absolute Gasteiger partial charge is 0.0595 e. The van der Waals surface area contributed by atoms with E-state index >= 15 is 0 Å². The van der Waals surface area contributed by atoms with Gasteiger partial charge in [0.1, 0.15) is 0 Å². The lowest BCUT2D eigenvalue weighted by Gasteiger charge is -2.23. The molecule has 0 aliphatic heterocycles. The zero-order chi connectivity index (χ0) is 15.4. The van der Waals surface area contributed by atoms with Crippen molar-refractivity contribution in [2.75, 3.05) is 0 Å². The Kier molecular flexibility index (Phi) is 5.69. The molecule has 0 bridgehead atoms. The van der Waals surface area contributed by atoms with E-state index in [-0.39, 0.29) is 12.1 Å². The molecule has 0 spiro atoms. The predicted molar refractivity (Wildman–Crippen MR) is 92.2 cm³/mol. The molecule has 2 unspecified atom stereocenters. The molecule has 2 atom stereocenters. The van der Waals surface area contributed by atoms with Crippen LogP contribution < -0.4 is 5.32 Å². The van der Waals surface area contributed by atoms with E-state index in [1.165, 1.54) is 16.7 Å². The van der Waals surface area contributed by atoms with Crippen molar-refractivity contribution >= 4 is 23.2 Å². The maximum absolute atomic E-state index is 6.13. The fourth-order valence-corrected chi connectivity index (χ4v) is 2.74. The van der Waals surface area contributed by atoms with Crippen LogP contribution >= 0.6 is 23.2 Å². The Morgan fingerprint density at radius 3 is 2.14 bits per heavy atom. The van der Waals surface area contributed by atoms with Gasteiger partial charge >= 0.3 is 0 Å². The molecule has 2 aromatic rings. The minimum atomic E-state index is 0.260. The Morgan fingerprint density at radius 1 is 0.952 bits per heavy atom. The molecule has 1 N–H and O–H groups in total. The van der Waals surface area contributed by atoms with Gasteiger partial charge in [0.15, 0.2) is 0 Å². The van der Waals surface area contributed by atoms with Crippen LogP contribution in [0.4, 0.5) is 0 Å². The fourth-order valence-electron chi connectivity index (χ4n) is 2.43. The Balaban J connectivity index is 2.14. The van der Waals surface area contributed by atoms with E-state index in [0.29, 0.717) is 10.0 Å². The summed E-state index contributed by atoms with van der Waals surface area (Å²) in [6.45, 7) is 6.46. The second-order valence-corrected chi connectivity index (χ2v) is 6.25. The zero-order valence-electron chi connectivity index (χ0n) is 12.7. The standard InChI is InChI=1S/C18H21Cl2N/c1-4-18(15-9-10-16(19)17(20)11-15)21-13(3)14-7-5-12(2)6-8-14/h5-11,13,18,21H,4H2,1-3H3. The molecular weight excluding hydrogens is 301 g/mol. The molecule has 0 aromatic heterocycles. The van der Waals surface area contributed by atoms with Gasteiger partial charge < -0.3 is 5.32 Å². The van der Waals surface area contributed by atoms with E-state index in [9.17, 15) is 0 Å². The summed E-state index contributed by atoms with van der Waals surface area (Å²) < 4.78 is 0. The first kappa shape index (κ1) is 16.4. The van der Waals surface area contributed by atoms with Crippen LogP contribution in [0.2, 0.25) is 10.0 Å². The van der Waals surface area contributed by atoms with Crippen molar-refractivity contribution < 1.29 is 0 Å². The van der Waals surface area contributed by atoms with Crippen LogP contribution in [0, 0.1) is 6.92 Å². The molecule has 0 heterocycles. The predicted octanol–water partition coefficient (Wildman–Crippen LogP) is 6.10. The lowest BCUT2D eigenvalue weighted by molar-refractivity contribution is 0.456. The number of rotatable bonds is 5. The quantitative estimate of drug-likeness (QED) is 0.701. The molecule has 0 fully saturated rings. The van der Waals surface area contributed by atoms with Gasteiger partial charge in [0.05, 0.1) is 10.0 Å². The molecule has 0 aliphatic carbocycles. The SMILES string of the molecule is CCC(NC(C)c1ccc(C)cc1)c1ccc(Cl)c(Cl)c1. The minimum Gasteiger partial charge on any atom is -0.303 e. The molecule has 0 aliphatic rings. The largest absolute Gasteiger partial charge is 0.303 e. The topological polar surface area (TPSA) is 12.0 Å². The molecule has 21 heavy (non-hydrogen) atoms. The average molecular weight is 322 g/mol. The number of hydrogen-bond donors (Lipinski definition) is 1. The average Bonchev–Trinajstić information content (AvgIpc) is 2.48. The Hall–Kier alpha value is -1.02. The fraction of sp³-hybridized carbons (Fsp3) is 0.333. The van der Waals surface area contributed by atoms with Gasteiger partial charge in [0.2, 0.25) is 0 Å². The summed E-state index contributed by atoms with van der Waals surface area (Å²) >= 11 is 12.1. The highest BCUT2D eigenvalue weighted by molar-refractivity contribution is 6.42. The highest BCUT2D eigenvalue weighted by Crippen LogP contribution is 2.28. The summed E-state index contributed by atoms with van der Waals surface area (Å²) in [5, 5.41) is 4.87. The van der Waals surface area contributed by atoms with Crippen molar-refractivity contribution in [1.82, 2.24) is 5.32 Å². The van der Waals surface area contributed by atoms with Crippen LogP contribution in [0.1, 0.15) is 49.0 Å². The first-order valence-corrected chi connectivity index (χ1v) is 8.04. The Labute approximate surface area is 137 Å². The van der Waals surface area contributed by atoms with Crippen LogP contribution in [0.25, 0.3) is 0 Å². The van der Waals surface area contributed by atoms with E-state index < -0.39 is 0 Å². The number of nitrogens with one attached hydrogen (secondary N) is 1. The maximum Gasteiger partial charge on any atom is 0.0595 e. The van der Waals surface area contributed by atoms with E-state index in [2.05, 4.69) is 50.4 Å². The van der Waals surface area contributed by atoms with Gasteiger partial charge in [-0.25, -0.2) is 0 Å². The molecule has 1 nitrogen and oxygen atoms in total. The van der Waals surface area contributed by atoms with Crippen molar-refractivity contribution in [1.29, 1.82) is 0 Å². The third-order valence-corrected chi connectivity index (χ3v) is 4.52. The molecule has 0 saturated carbocycles. The third kappa shape index (κ3) is 4.23. The summed E-state index contributed by atoms with van der Waals surface area (Å²) in [5.74, 6) is 0. The van der Waals surface area contributed by atoms with Crippen molar-refractivity contribution in [2.24, 2.45) is 0 Å². The number of halogens is 2. The normalized spacial score (nSPS) is 14.0.